The van der Waals surface area contributed by atoms with Crippen LogP contribution in [0.3, 0.4) is 0 Å². The van der Waals surface area contributed by atoms with Crippen LogP contribution in [-0.2, 0) is 16.0 Å². The molecule has 0 radical (unpaired) electrons. The van der Waals surface area contributed by atoms with Crippen molar-refractivity contribution in [2.45, 2.75) is 19.1 Å². The first-order chi connectivity index (χ1) is 8.08. The maximum Gasteiger partial charge on any atom is 0.416 e. The molecule has 0 aliphatic carbocycles. The number of alkyl halides is 3. The van der Waals surface area contributed by atoms with Gasteiger partial charge in [-0.25, -0.2) is 8.42 Å². The van der Waals surface area contributed by atoms with Crippen LogP contribution in [0.4, 0.5) is 18.9 Å². The van der Waals surface area contributed by atoms with Crippen molar-refractivity contribution in [2.75, 3.05) is 17.3 Å². The quantitative estimate of drug-likeness (QED) is 0.922. The second kappa shape index (κ2) is 5.17. The maximum absolute atomic E-state index is 12.5. The van der Waals surface area contributed by atoms with Gasteiger partial charge >= 0.3 is 6.18 Å². The molecule has 3 nitrogen and oxygen atoms in total. The zero-order valence-electron chi connectivity index (χ0n) is 9.95. The number of anilines is 1. The standard InChI is InChI=1S/C11H14F3NO2S/c1-8(7-18(2,16)17)15-10-5-3-4-9(6-10)11(12,13)14/h3-6,8,15H,7H2,1-2H3. The Bertz CT molecular complexity index is 511. The molecule has 1 atom stereocenters. The van der Waals surface area contributed by atoms with Gasteiger partial charge in [-0.3, -0.25) is 0 Å². The van der Waals surface area contributed by atoms with Crippen molar-refractivity contribution in [3.63, 3.8) is 0 Å². The topological polar surface area (TPSA) is 46.2 Å². The zero-order chi connectivity index (χ0) is 14.0. The van der Waals surface area contributed by atoms with Crippen LogP contribution in [-0.4, -0.2) is 26.5 Å². The summed E-state index contributed by atoms with van der Waals surface area (Å²) in [5, 5.41) is 2.73. The van der Waals surface area contributed by atoms with Crippen molar-refractivity contribution in [3.05, 3.63) is 29.8 Å². The fourth-order valence-corrected chi connectivity index (χ4v) is 2.56. The molecule has 7 heteroatoms. The molecule has 18 heavy (non-hydrogen) atoms. The molecular weight excluding hydrogens is 267 g/mol. The average molecular weight is 281 g/mol. The third-order valence-electron chi connectivity index (χ3n) is 2.16. The molecule has 0 amide bonds. The highest BCUT2D eigenvalue weighted by Crippen LogP contribution is 2.30. The molecule has 0 aromatic heterocycles. The summed E-state index contributed by atoms with van der Waals surface area (Å²) in [5.41, 5.74) is -0.514. The van der Waals surface area contributed by atoms with Crippen LogP contribution >= 0.6 is 0 Å². The Morgan fingerprint density at radius 2 is 1.94 bits per heavy atom. The van der Waals surface area contributed by atoms with Crippen LogP contribution in [0, 0.1) is 0 Å². The molecule has 0 saturated carbocycles. The van der Waals surface area contributed by atoms with Gasteiger partial charge in [0.15, 0.2) is 0 Å². The van der Waals surface area contributed by atoms with E-state index in [1.54, 1.807) is 6.92 Å². The SMILES string of the molecule is CC(CS(C)(=O)=O)Nc1cccc(C(F)(F)F)c1. The molecule has 1 unspecified atom stereocenters. The van der Waals surface area contributed by atoms with Crippen LogP contribution in [0.5, 0.6) is 0 Å². The van der Waals surface area contributed by atoms with Crippen molar-refractivity contribution < 1.29 is 21.6 Å². The molecule has 0 saturated heterocycles. The first-order valence-electron chi connectivity index (χ1n) is 5.19. The first kappa shape index (κ1) is 14.8. The highest BCUT2D eigenvalue weighted by molar-refractivity contribution is 7.90. The number of benzene rings is 1. The monoisotopic (exact) mass is 281 g/mol. The fraction of sp³-hybridized carbons (Fsp3) is 0.455. The normalized spacial score (nSPS) is 14.3. The lowest BCUT2D eigenvalue weighted by molar-refractivity contribution is -0.137. The minimum atomic E-state index is -4.40. The molecule has 102 valence electrons. The second-order valence-electron chi connectivity index (χ2n) is 4.22. The number of halogens is 3. The van der Waals surface area contributed by atoms with Crippen LogP contribution in [0.15, 0.2) is 24.3 Å². The summed E-state index contributed by atoms with van der Waals surface area (Å²) in [5.74, 6) is -0.136. The molecule has 1 aromatic carbocycles. The second-order valence-corrected chi connectivity index (χ2v) is 6.40. The average Bonchev–Trinajstić information content (AvgIpc) is 2.13. The van der Waals surface area contributed by atoms with E-state index in [-0.39, 0.29) is 11.4 Å². The molecule has 1 rings (SSSR count). The molecule has 0 heterocycles. The van der Waals surface area contributed by atoms with Crippen molar-refractivity contribution >= 4 is 15.5 Å². The predicted molar refractivity (Wildman–Crippen MR) is 64.2 cm³/mol. The van der Waals surface area contributed by atoms with Crippen LogP contribution in [0.1, 0.15) is 12.5 Å². The Kier molecular flexibility index (Phi) is 4.26. The van der Waals surface area contributed by atoms with Crippen LogP contribution in [0.25, 0.3) is 0 Å². The summed E-state index contributed by atoms with van der Waals surface area (Å²) < 4.78 is 59.4. The van der Waals surface area contributed by atoms with E-state index in [4.69, 9.17) is 0 Å². The lowest BCUT2D eigenvalue weighted by atomic mass is 10.2. The van der Waals surface area contributed by atoms with E-state index >= 15 is 0 Å². The minimum absolute atomic E-state index is 0.136. The van der Waals surface area contributed by atoms with E-state index in [2.05, 4.69) is 5.32 Å². The van der Waals surface area contributed by atoms with Gasteiger partial charge in [0.25, 0.3) is 0 Å². The third kappa shape index (κ3) is 4.95. The van der Waals surface area contributed by atoms with Gasteiger partial charge in [0.2, 0.25) is 0 Å². The van der Waals surface area contributed by atoms with Crippen LogP contribution < -0.4 is 5.32 Å². The molecule has 0 bridgehead atoms. The molecular formula is C11H14F3NO2S. The van der Waals surface area contributed by atoms with Crippen molar-refractivity contribution in [1.82, 2.24) is 0 Å². The van der Waals surface area contributed by atoms with Gasteiger partial charge in [0, 0.05) is 18.0 Å². The van der Waals surface area contributed by atoms with Gasteiger partial charge in [-0.15, -0.1) is 0 Å². The van der Waals surface area contributed by atoms with E-state index < -0.39 is 27.6 Å². The number of hydrogen-bond acceptors (Lipinski definition) is 3. The maximum atomic E-state index is 12.5. The smallest absolute Gasteiger partial charge is 0.382 e. The summed E-state index contributed by atoms with van der Waals surface area (Å²) in [7, 11) is -3.17. The number of sulfone groups is 1. The fourth-order valence-electron chi connectivity index (χ4n) is 1.57. The van der Waals surface area contributed by atoms with E-state index in [1.165, 1.54) is 12.1 Å². The Morgan fingerprint density at radius 3 is 2.44 bits per heavy atom. The molecule has 1 aromatic rings. The molecule has 0 aliphatic heterocycles. The van der Waals surface area contributed by atoms with E-state index in [0.717, 1.165) is 18.4 Å². The van der Waals surface area contributed by atoms with Gasteiger partial charge in [0.1, 0.15) is 9.84 Å². The number of rotatable bonds is 4. The predicted octanol–water partition coefficient (Wildman–Crippen LogP) is 2.55. The Balaban J connectivity index is 2.80. The third-order valence-corrected chi connectivity index (χ3v) is 3.26. The van der Waals surface area contributed by atoms with Crippen molar-refractivity contribution in [3.8, 4) is 0 Å². The van der Waals surface area contributed by atoms with Gasteiger partial charge in [0.05, 0.1) is 11.3 Å². The van der Waals surface area contributed by atoms with Gasteiger partial charge in [-0.05, 0) is 25.1 Å². The largest absolute Gasteiger partial charge is 0.416 e. The lowest BCUT2D eigenvalue weighted by Crippen LogP contribution is -2.25. The molecule has 0 aliphatic rings. The van der Waals surface area contributed by atoms with Gasteiger partial charge in [-0.1, -0.05) is 6.07 Å². The van der Waals surface area contributed by atoms with Crippen molar-refractivity contribution in [1.29, 1.82) is 0 Å². The van der Waals surface area contributed by atoms with E-state index in [0.29, 0.717) is 0 Å². The summed E-state index contributed by atoms with van der Waals surface area (Å²) in [6.07, 6.45) is -3.32. The molecule has 0 spiro atoms. The molecule has 0 fully saturated rings. The summed E-state index contributed by atoms with van der Waals surface area (Å²) >= 11 is 0. The summed E-state index contributed by atoms with van der Waals surface area (Å²) in [4.78, 5) is 0. The van der Waals surface area contributed by atoms with Crippen molar-refractivity contribution in [2.24, 2.45) is 0 Å². The van der Waals surface area contributed by atoms with Gasteiger partial charge in [-0.2, -0.15) is 13.2 Å². The van der Waals surface area contributed by atoms with E-state index in [1.807, 2.05) is 0 Å². The molecule has 1 N–H and O–H groups in total. The Morgan fingerprint density at radius 1 is 1.33 bits per heavy atom. The van der Waals surface area contributed by atoms with E-state index in [9.17, 15) is 21.6 Å². The Labute approximate surface area is 104 Å². The first-order valence-corrected chi connectivity index (χ1v) is 7.25. The Hall–Kier alpha value is -1.24. The summed E-state index contributed by atoms with van der Waals surface area (Å²) in [6, 6.07) is 4.21. The lowest BCUT2D eigenvalue weighted by Gasteiger charge is -2.15. The number of hydrogen-bond donors (Lipinski definition) is 1. The zero-order valence-corrected chi connectivity index (χ0v) is 10.8. The van der Waals surface area contributed by atoms with Crippen LogP contribution in [0.2, 0.25) is 0 Å². The van der Waals surface area contributed by atoms with Gasteiger partial charge < -0.3 is 5.32 Å². The number of nitrogens with one attached hydrogen (secondary N) is 1. The minimum Gasteiger partial charge on any atom is -0.382 e. The highest BCUT2D eigenvalue weighted by atomic mass is 32.2. The highest BCUT2D eigenvalue weighted by Gasteiger charge is 2.30. The summed E-state index contributed by atoms with van der Waals surface area (Å²) in [6.45, 7) is 1.60.